The molecular weight excluding hydrogens is 360 g/mol. The number of rotatable bonds is 7. The third-order valence-electron chi connectivity index (χ3n) is 3.28. The quantitative estimate of drug-likeness (QED) is 0.720. The third kappa shape index (κ3) is 5.77. The third-order valence-corrected chi connectivity index (χ3v) is 5.35. The molecule has 6 nitrogen and oxygen atoms in total. The fourth-order valence-electron chi connectivity index (χ4n) is 2.13. The Labute approximate surface area is 151 Å². The van der Waals surface area contributed by atoms with E-state index in [4.69, 9.17) is 9.88 Å². The molecule has 0 fully saturated rings. The van der Waals surface area contributed by atoms with Gasteiger partial charge in [0.05, 0.1) is 17.3 Å². The van der Waals surface area contributed by atoms with Crippen LogP contribution in [0.5, 0.6) is 5.75 Å². The van der Waals surface area contributed by atoms with Crippen molar-refractivity contribution in [2.24, 2.45) is 5.14 Å². The summed E-state index contributed by atoms with van der Waals surface area (Å²) in [6.45, 7) is 4.17. The predicted octanol–water partition coefficient (Wildman–Crippen LogP) is 2.77. The van der Waals surface area contributed by atoms with Gasteiger partial charge in [-0.3, -0.25) is 4.79 Å². The normalized spacial score (nSPS) is 11.2. The molecule has 2 aromatic carbocycles. The standard InChI is InChI=1S/C17H20N2O4S2/c1-3-23-14-6-8-15(9-7-14)24-11-17(20)19-13-5-4-12(2)16(10-13)25(18,21)22/h4-10H,3,11H2,1-2H3,(H,19,20)(H2,18,21,22). The number of hydrogen-bond donors (Lipinski definition) is 2. The minimum Gasteiger partial charge on any atom is -0.494 e. The van der Waals surface area contributed by atoms with Gasteiger partial charge in [-0.2, -0.15) is 0 Å². The number of benzene rings is 2. The summed E-state index contributed by atoms with van der Waals surface area (Å²) in [4.78, 5) is 13.0. The van der Waals surface area contributed by atoms with Crippen molar-refractivity contribution in [2.45, 2.75) is 23.6 Å². The first kappa shape index (κ1) is 19.3. The molecule has 0 aliphatic carbocycles. The van der Waals surface area contributed by atoms with E-state index in [1.54, 1.807) is 19.1 Å². The molecule has 2 rings (SSSR count). The topological polar surface area (TPSA) is 98.5 Å². The fraction of sp³-hybridized carbons (Fsp3) is 0.235. The van der Waals surface area contributed by atoms with Crippen LogP contribution in [-0.2, 0) is 14.8 Å². The second kappa shape index (κ2) is 8.37. The summed E-state index contributed by atoms with van der Waals surface area (Å²) in [5.74, 6) is 0.752. The monoisotopic (exact) mass is 380 g/mol. The number of carbonyl (C=O) groups excluding carboxylic acids is 1. The summed E-state index contributed by atoms with van der Waals surface area (Å²) in [5.41, 5.74) is 0.927. The lowest BCUT2D eigenvalue weighted by Crippen LogP contribution is -2.17. The van der Waals surface area contributed by atoms with E-state index in [1.165, 1.54) is 17.8 Å². The molecule has 2 aromatic rings. The molecule has 0 unspecified atom stereocenters. The van der Waals surface area contributed by atoms with Crippen molar-refractivity contribution in [1.29, 1.82) is 0 Å². The summed E-state index contributed by atoms with van der Waals surface area (Å²) in [6.07, 6.45) is 0. The van der Waals surface area contributed by atoms with Crippen molar-refractivity contribution in [3.63, 3.8) is 0 Å². The Kier molecular flexibility index (Phi) is 6.46. The van der Waals surface area contributed by atoms with Gasteiger partial charge >= 0.3 is 0 Å². The molecule has 0 atom stereocenters. The van der Waals surface area contributed by atoms with Crippen LogP contribution in [0.4, 0.5) is 5.69 Å². The van der Waals surface area contributed by atoms with Crippen molar-refractivity contribution >= 4 is 33.4 Å². The molecule has 0 aromatic heterocycles. The number of ether oxygens (including phenoxy) is 1. The van der Waals surface area contributed by atoms with E-state index in [0.717, 1.165) is 10.6 Å². The average Bonchev–Trinajstić information content (AvgIpc) is 2.55. The first-order valence-corrected chi connectivity index (χ1v) is 10.1. The van der Waals surface area contributed by atoms with Gasteiger partial charge in [-0.05, 0) is 55.8 Å². The van der Waals surface area contributed by atoms with Crippen LogP contribution in [0.15, 0.2) is 52.3 Å². The molecule has 0 saturated heterocycles. The van der Waals surface area contributed by atoms with Crippen molar-refractivity contribution in [3.8, 4) is 5.75 Å². The smallest absolute Gasteiger partial charge is 0.238 e. The second-order valence-corrected chi connectivity index (χ2v) is 7.85. The Bertz CT molecular complexity index is 849. The molecule has 0 radical (unpaired) electrons. The van der Waals surface area contributed by atoms with E-state index in [2.05, 4.69) is 5.32 Å². The number of anilines is 1. The van der Waals surface area contributed by atoms with E-state index < -0.39 is 10.0 Å². The van der Waals surface area contributed by atoms with Gasteiger partial charge < -0.3 is 10.1 Å². The first-order valence-electron chi connectivity index (χ1n) is 7.58. The number of sulfonamides is 1. The van der Waals surface area contributed by atoms with Gasteiger partial charge in [0.2, 0.25) is 15.9 Å². The van der Waals surface area contributed by atoms with Crippen molar-refractivity contribution in [1.82, 2.24) is 0 Å². The molecule has 8 heteroatoms. The van der Waals surface area contributed by atoms with Gasteiger partial charge in [0.25, 0.3) is 0 Å². The van der Waals surface area contributed by atoms with Crippen LogP contribution in [-0.4, -0.2) is 26.7 Å². The summed E-state index contributed by atoms with van der Waals surface area (Å²) in [5, 5.41) is 7.85. The first-order chi connectivity index (χ1) is 11.8. The van der Waals surface area contributed by atoms with Crippen LogP contribution in [0.3, 0.4) is 0 Å². The van der Waals surface area contributed by atoms with E-state index in [-0.39, 0.29) is 16.6 Å². The number of nitrogens with one attached hydrogen (secondary N) is 1. The second-order valence-electron chi connectivity index (χ2n) is 5.27. The Morgan fingerprint density at radius 1 is 1.20 bits per heavy atom. The number of primary sulfonamides is 1. The van der Waals surface area contributed by atoms with Crippen molar-refractivity contribution < 1.29 is 17.9 Å². The average molecular weight is 380 g/mol. The van der Waals surface area contributed by atoms with Crippen LogP contribution >= 0.6 is 11.8 Å². The van der Waals surface area contributed by atoms with E-state index in [0.29, 0.717) is 17.9 Å². The highest BCUT2D eigenvalue weighted by atomic mass is 32.2. The van der Waals surface area contributed by atoms with Gasteiger partial charge in [0, 0.05) is 10.6 Å². The number of carbonyl (C=O) groups is 1. The number of thioether (sulfide) groups is 1. The Morgan fingerprint density at radius 2 is 1.88 bits per heavy atom. The highest BCUT2D eigenvalue weighted by Crippen LogP contribution is 2.23. The molecule has 134 valence electrons. The van der Waals surface area contributed by atoms with E-state index >= 15 is 0 Å². The molecule has 0 heterocycles. The van der Waals surface area contributed by atoms with E-state index in [9.17, 15) is 13.2 Å². The lowest BCUT2D eigenvalue weighted by molar-refractivity contribution is -0.113. The van der Waals surface area contributed by atoms with Crippen LogP contribution in [0, 0.1) is 6.92 Å². The van der Waals surface area contributed by atoms with Gasteiger partial charge in [-0.1, -0.05) is 6.07 Å². The number of hydrogen-bond acceptors (Lipinski definition) is 5. The fourth-order valence-corrected chi connectivity index (χ4v) is 3.64. The molecule has 0 bridgehead atoms. The molecule has 0 aliphatic heterocycles. The molecule has 0 saturated carbocycles. The maximum atomic E-state index is 12.1. The van der Waals surface area contributed by atoms with Crippen LogP contribution in [0.2, 0.25) is 0 Å². The largest absolute Gasteiger partial charge is 0.494 e. The Balaban J connectivity index is 1.96. The zero-order valence-electron chi connectivity index (χ0n) is 14.0. The SMILES string of the molecule is CCOc1ccc(SCC(=O)Nc2ccc(C)c(S(N)(=O)=O)c2)cc1. The zero-order chi connectivity index (χ0) is 18.4. The lowest BCUT2D eigenvalue weighted by atomic mass is 10.2. The number of aryl methyl sites for hydroxylation is 1. The molecule has 0 aliphatic rings. The van der Waals surface area contributed by atoms with Gasteiger partial charge in [0.15, 0.2) is 0 Å². The zero-order valence-corrected chi connectivity index (χ0v) is 15.6. The maximum absolute atomic E-state index is 12.1. The summed E-state index contributed by atoms with van der Waals surface area (Å²) in [7, 11) is -3.82. The van der Waals surface area contributed by atoms with Crippen molar-refractivity contribution in [2.75, 3.05) is 17.7 Å². The summed E-state index contributed by atoms with van der Waals surface area (Å²) < 4.78 is 28.4. The van der Waals surface area contributed by atoms with Gasteiger partial charge in [-0.15, -0.1) is 11.8 Å². The van der Waals surface area contributed by atoms with Gasteiger partial charge in [-0.25, -0.2) is 13.6 Å². The molecular formula is C17H20N2O4S2. The lowest BCUT2D eigenvalue weighted by Gasteiger charge is -2.09. The molecule has 0 spiro atoms. The van der Waals surface area contributed by atoms with Crippen LogP contribution < -0.4 is 15.2 Å². The predicted molar refractivity (Wildman–Crippen MR) is 99.5 cm³/mol. The minimum absolute atomic E-state index is 0.00414. The highest BCUT2D eigenvalue weighted by molar-refractivity contribution is 8.00. The van der Waals surface area contributed by atoms with Crippen molar-refractivity contribution in [3.05, 3.63) is 48.0 Å². The minimum atomic E-state index is -3.82. The molecule has 25 heavy (non-hydrogen) atoms. The van der Waals surface area contributed by atoms with E-state index in [1.807, 2.05) is 31.2 Å². The van der Waals surface area contributed by atoms with Crippen LogP contribution in [0.1, 0.15) is 12.5 Å². The Hall–Kier alpha value is -2.03. The van der Waals surface area contributed by atoms with Gasteiger partial charge in [0.1, 0.15) is 5.75 Å². The highest BCUT2D eigenvalue weighted by Gasteiger charge is 2.13. The van der Waals surface area contributed by atoms with Crippen LogP contribution in [0.25, 0.3) is 0 Å². The Morgan fingerprint density at radius 3 is 2.48 bits per heavy atom. The number of amides is 1. The summed E-state index contributed by atoms with van der Waals surface area (Å²) >= 11 is 1.38. The molecule has 1 amide bonds. The maximum Gasteiger partial charge on any atom is 0.238 e. The molecule has 3 N–H and O–H groups in total. The summed E-state index contributed by atoms with van der Waals surface area (Å²) in [6, 6.07) is 12.1. The number of nitrogens with two attached hydrogens (primary N) is 1.